The lowest BCUT2D eigenvalue weighted by Gasteiger charge is -2.33. The van der Waals surface area contributed by atoms with Gasteiger partial charge in [0.25, 0.3) is 5.91 Å². The molecule has 1 aliphatic rings. The first-order valence-corrected chi connectivity index (χ1v) is 6.61. The van der Waals surface area contributed by atoms with Crippen LogP contribution in [0.4, 0.5) is 11.4 Å². The van der Waals surface area contributed by atoms with Gasteiger partial charge in [0.05, 0.1) is 24.9 Å². The van der Waals surface area contributed by atoms with Crippen LogP contribution in [-0.2, 0) is 4.74 Å². The molecule has 3 N–H and O–H groups in total. The van der Waals surface area contributed by atoms with E-state index in [4.69, 9.17) is 15.6 Å². The number of anilines is 2. The lowest BCUT2D eigenvalue weighted by atomic mass is 10.1. The third kappa shape index (κ3) is 3.02. The van der Waals surface area contributed by atoms with Crippen molar-refractivity contribution in [2.24, 2.45) is 0 Å². The zero-order chi connectivity index (χ0) is 14.7. The van der Waals surface area contributed by atoms with E-state index in [0.717, 1.165) is 5.69 Å². The van der Waals surface area contributed by atoms with Crippen molar-refractivity contribution in [3.8, 4) is 0 Å². The minimum atomic E-state index is -0.309. The number of rotatable bonds is 3. The Balaban J connectivity index is 2.26. The summed E-state index contributed by atoms with van der Waals surface area (Å²) in [5.41, 5.74) is 7.76. The number of aliphatic hydroxyl groups excluding tert-OH is 1. The number of nitrogens with zero attached hydrogens (tertiary/aromatic N) is 2. The van der Waals surface area contributed by atoms with E-state index in [-0.39, 0.29) is 18.6 Å². The summed E-state index contributed by atoms with van der Waals surface area (Å²) in [6.45, 7) is 1.28. The third-order valence-corrected chi connectivity index (χ3v) is 3.36. The summed E-state index contributed by atoms with van der Waals surface area (Å²) in [5.74, 6) is -0.0808. The quantitative estimate of drug-likeness (QED) is 0.771. The number of carbonyl (C=O) groups is 1. The minimum Gasteiger partial charge on any atom is -0.399 e. The fourth-order valence-electron chi connectivity index (χ4n) is 2.30. The third-order valence-electron chi connectivity index (χ3n) is 3.36. The summed E-state index contributed by atoms with van der Waals surface area (Å²) in [5, 5.41) is 9.16. The molecule has 0 aromatic heterocycles. The van der Waals surface area contributed by atoms with Gasteiger partial charge in [0.15, 0.2) is 0 Å². The predicted molar refractivity (Wildman–Crippen MR) is 77.9 cm³/mol. The summed E-state index contributed by atoms with van der Waals surface area (Å²) >= 11 is 0. The van der Waals surface area contributed by atoms with Gasteiger partial charge in [0, 0.05) is 38.6 Å². The molecule has 1 heterocycles. The van der Waals surface area contributed by atoms with Gasteiger partial charge in [0.2, 0.25) is 0 Å². The van der Waals surface area contributed by atoms with Crippen LogP contribution in [0.25, 0.3) is 0 Å². The van der Waals surface area contributed by atoms with Crippen LogP contribution in [0.3, 0.4) is 0 Å². The number of hydrogen-bond donors (Lipinski definition) is 2. The van der Waals surface area contributed by atoms with Gasteiger partial charge in [-0.3, -0.25) is 4.79 Å². The number of benzene rings is 1. The second-order valence-corrected chi connectivity index (χ2v) is 5.10. The molecule has 0 spiro atoms. The molecule has 0 radical (unpaired) electrons. The summed E-state index contributed by atoms with van der Waals surface area (Å²) < 4.78 is 5.37. The maximum absolute atomic E-state index is 12.6. The standard InChI is InChI=1S/C14H21N3O3/c1-16(2)13-4-3-10(15)7-12(13)14(19)17-5-6-20-11(8-17)9-18/h3-4,7,11,18H,5-6,8-9,15H2,1-2H3. The maximum Gasteiger partial charge on any atom is 0.256 e. The van der Waals surface area contributed by atoms with Gasteiger partial charge >= 0.3 is 0 Å². The van der Waals surface area contributed by atoms with Gasteiger partial charge in [-0.15, -0.1) is 0 Å². The highest BCUT2D eigenvalue weighted by molar-refractivity contribution is 6.00. The van der Waals surface area contributed by atoms with Crippen molar-refractivity contribution in [3.05, 3.63) is 23.8 Å². The van der Waals surface area contributed by atoms with Crippen molar-refractivity contribution in [1.29, 1.82) is 0 Å². The Labute approximate surface area is 118 Å². The summed E-state index contributed by atoms with van der Waals surface area (Å²) in [6, 6.07) is 5.32. The number of amides is 1. The summed E-state index contributed by atoms with van der Waals surface area (Å²) in [4.78, 5) is 16.2. The molecular weight excluding hydrogens is 258 g/mol. The Kier molecular flexibility index (Phi) is 4.46. The van der Waals surface area contributed by atoms with Gasteiger partial charge in [-0.05, 0) is 18.2 Å². The number of morpholine rings is 1. The van der Waals surface area contributed by atoms with Crippen LogP contribution < -0.4 is 10.6 Å². The lowest BCUT2D eigenvalue weighted by Crippen LogP contribution is -2.47. The molecule has 1 unspecified atom stereocenters. The van der Waals surface area contributed by atoms with E-state index in [2.05, 4.69) is 0 Å². The SMILES string of the molecule is CN(C)c1ccc(N)cc1C(=O)N1CCOC(CO)C1. The molecule has 1 fully saturated rings. The van der Waals surface area contributed by atoms with Gasteiger partial charge in [-0.2, -0.15) is 0 Å². The van der Waals surface area contributed by atoms with E-state index < -0.39 is 0 Å². The molecule has 1 amide bonds. The molecule has 0 saturated carbocycles. The zero-order valence-corrected chi connectivity index (χ0v) is 11.9. The maximum atomic E-state index is 12.6. The van der Waals surface area contributed by atoms with Crippen molar-refractivity contribution in [2.45, 2.75) is 6.10 Å². The highest BCUT2D eigenvalue weighted by Crippen LogP contribution is 2.23. The molecule has 6 heteroatoms. The van der Waals surface area contributed by atoms with Gasteiger partial charge in [-0.1, -0.05) is 0 Å². The van der Waals surface area contributed by atoms with Crippen molar-refractivity contribution in [1.82, 2.24) is 4.90 Å². The first-order valence-electron chi connectivity index (χ1n) is 6.61. The molecule has 0 aliphatic carbocycles. The first kappa shape index (κ1) is 14.6. The second-order valence-electron chi connectivity index (χ2n) is 5.10. The van der Waals surface area contributed by atoms with Crippen LogP contribution >= 0.6 is 0 Å². The molecule has 110 valence electrons. The lowest BCUT2D eigenvalue weighted by molar-refractivity contribution is -0.0447. The van der Waals surface area contributed by atoms with Crippen molar-refractivity contribution in [3.63, 3.8) is 0 Å². The van der Waals surface area contributed by atoms with E-state index >= 15 is 0 Å². The van der Waals surface area contributed by atoms with Crippen LogP contribution in [0, 0.1) is 0 Å². The Morgan fingerprint density at radius 1 is 1.55 bits per heavy atom. The molecule has 1 aliphatic heterocycles. The van der Waals surface area contributed by atoms with Crippen molar-refractivity contribution >= 4 is 17.3 Å². The van der Waals surface area contributed by atoms with E-state index in [9.17, 15) is 4.79 Å². The average Bonchev–Trinajstić information content (AvgIpc) is 2.46. The second kappa shape index (κ2) is 6.11. The van der Waals surface area contributed by atoms with E-state index in [1.165, 1.54) is 0 Å². The minimum absolute atomic E-state index is 0.0808. The van der Waals surface area contributed by atoms with Crippen molar-refractivity contribution < 1.29 is 14.6 Å². The topological polar surface area (TPSA) is 79.0 Å². The average molecular weight is 279 g/mol. The molecule has 20 heavy (non-hydrogen) atoms. The number of hydrogen-bond acceptors (Lipinski definition) is 5. The number of ether oxygens (including phenoxy) is 1. The highest BCUT2D eigenvalue weighted by Gasteiger charge is 2.26. The highest BCUT2D eigenvalue weighted by atomic mass is 16.5. The summed E-state index contributed by atoms with van der Waals surface area (Å²) in [7, 11) is 3.77. The Bertz CT molecular complexity index is 491. The van der Waals surface area contributed by atoms with Crippen LogP contribution in [0.1, 0.15) is 10.4 Å². The van der Waals surface area contributed by atoms with Gasteiger partial charge in [-0.25, -0.2) is 0 Å². The Morgan fingerprint density at radius 3 is 2.95 bits per heavy atom. The molecule has 1 aromatic carbocycles. The fourth-order valence-corrected chi connectivity index (χ4v) is 2.30. The van der Waals surface area contributed by atoms with Crippen LogP contribution in [0.15, 0.2) is 18.2 Å². The number of aliphatic hydroxyl groups is 1. The van der Waals surface area contributed by atoms with Crippen molar-refractivity contribution in [2.75, 3.05) is 51.0 Å². The molecule has 2 rings (SSSR count). The summed E-state index contributed by atoms with van der Waals surface area (Å²) in [6.07, 6.45) is -0.309. The monoisotopic (exact) mass is 279 g/mol. The Morgan fingerprint density at radius 2 is 2.30 bits per heavy atom. The van der Waals surface area contributed by atoms with Crippen LogP contribution in [0.2, 0.25) is 0 Å². The number of carbonyl (C=O) groups excluding carboxylic acids is 1. The molecule has 0 bridgehead atoms. The van der Waals surface area contributed by atoms with E-state index in [1.807, 2.05) is 25.1 Å². The zero-order valence-electron chi connectivity index (χ0n) is 11.9. The van der Waals surface area contributed by atoms with Gasteiger partial charge < -0.3 is 25.4 Å². The normalized spacial score (nSPS) is 18.9. The number of nitrogen functional groups attached to an aromatic ring is 1. The predicted octanol–water partition coefficient (Wildman–Crippen LogP) is 0.168. The molecule has 1 aromatic rings. The molecular formula is C14H21N3O3. The number of nitrogens with two attached hydrogens (primary N) is 1. The van der Waals surface area contributed by atoms with Crippen LogP contribution in [0.5, 0.6) is 0 Å². The van der Waals surface area contributed by atoms with E-state index in [1.54, 1.807) is 17.0 Å². The largest absolute Gasteiger partial charge is 0.399 e. The smallest absolute Gasteiger partial charge is 0.256 e. The van der Waals surface area contributed by atoms with Gasteiger partial charge in [0.1, 0.15) is 0 Å². The fraction of sp³-hybridized carbons (Fsp3) is 0.500. The molecule has 1 saturated heterocycles. The van der Waals surface area contributed by atoms with Crippen LogP contribution in [-0.4, -0.2) is 62.4 Å². The first-order chi connectivity index (χ1) is 9.52. The Hall–Kier alpha value is -1.79. The molecule has 1 atom stereocenters. The molecule has 6 nitrogen and oxygen atoms in total. The van der Waals surface area contributed by atoms with E-state index in [0.29, 0.717) is 30.9 Å².